The normalized spacial score (nSPS) is 18.6. The van der Waals surface area contributed by atoms with E-state index in [0.717, 1.165) is 25.2 Å². The molecule has 1 saturated heterocycles. The van der Waals surface area contributed by atoms with Gasteiger partial charge in [-0.25, -0.2) is 0 Å². The van der Waals surface area contributed by atoms with Gasteiger partial charge < -0.3 is 4.90 Å². The topological polar surface area (TPSA) is 47.3 Å². The lowest BCUT2D eigenvalue weighted by Crippen LogP contribution is -2.59. The first-order chi connectivity index (χ1) is 9.42. The molecule has 1 fully saturated rings. The average molecular weight is 271 g/mol. The van der Waals surface area contributed by atoms with Gasteiger partial charge in [-0.3, -0.25) is 9.69 Å². The monoisotopic (exact) mass is 271 g/mol. The summed E-state index contributed by atoms with van der Waals surface area (Å²) >= 11 is 0. The maximum Gasteiger partial charge on any atom is 0.227 e. The van der Waals surface area contributed by atoms with E-state index in [0.29, 0.717) is 12.0 Å². The van der Waals surface area contributed by atoms with E-state index in [1.54, 1.807) is 12.1 Å². The van der Waals surface area contributed by atoms with Gasteiger partial charge in [0.2, 0.25) is 5.91 Å². The Hall–Kier alpha value is -1.86. The van der Waals surface area contributed by atoms with E-state index < -0.39 is 0 Å². The molecule has 1 aromatic carbocycles. The maximum absolute atomic E-state index is 12.4. The molecule has 2 rings (SSSR count). The molecule has 106 valence electrons. The first-order valence-corrected chi connectivity index (χ1v) is 6.90. The number of likely N-dealkylation sites (N-methyl/N-ethyl adjacent to an activating group) is 1. The van der Waals surface area contributed by atoms with Crippen LogP contribution in [0.15, 0.2) is 24.3 Å². The molecule has 0 atom stereocenters. The first-order valence-electron chi connectivity index (χ1n) is 6.90. The Balaban J connectivity index is 2.00. The largest absolute Gasteiger partial charge is 0.339 e. The van der Waals surface area contributed by atoms with Gasteiger partial charge in [-0.1, -0.05) is 12.1 Å². The Morgan fingerprint density at radius 2 is 1.95 bits per heavy atom. The summed E-state index contributed by atoms with van der Waals surface area (Å²) in [5.74, 6) is 0.163. The number of carbonyl (C=O) groups excluding carboxylic acids is 1. The lowest BCUT2D eigenvalue weighted by atomic mass is 9.99. The van der Waals surface area contributed by atoms with Gasteiger partial charge in [-0.05, 0) is 38.6 Å². The van der Waals surface area contributed by atoms with Crippen LogP contribution in [0.3, 0.4) is 0 Å². The van der Waals surface area contributed by atoms with Crippen LogP contribution in [-0.4, -0.2) is 47.9 Å². The number of amides is 1. The minimum absolute atomic E-state index is 0.0264. The standard InChI is InChI=1S/C16H21N3O/c1-16(2)12-19(9-8-18(16)3)15(20)10-13-4-6-14(11-17)7-5-13/h4-7H,8-10,12H2,1-3H3. The third kappa shape index (κ3) is 3.17. The summed E-state index contributed by atoms with van der Waals surface area (Å²) in [4.78, 5) is 16.6. The number of nitrogens with zero attached hydrogens (tertiary/aromatic N) is 3. The van der Waals surface area contributed by atoms with Crippen molar-refractivity contribution >= 4 is 5.91 Å². The van der Waals surface area contributed by atoms with Gasteiger partial charge in [0.25, 0.3) is 0 Å². The van der Waals surface area contributed by atoms with E-state index in [1.165, 1.54) is 0 Å². The maximum atomic E-state index is 12.4. The third-order valence-corrected chi connectivity index (χ3v) is 4.11. The molecule has 4 nitrogen and oxygen atoms in total. The van der Waals surface area contributed by atoms with Crippen LogP contribution in [0.1, 0.15) is 25.0 Å². The van der Waals surface area contributed by atoms with Crippen LogP contribution >= 0.6 is 0 Å². The van der Waals surface area contributed by atoms with Crippen LogP contribution in [0.4, 0.5) is 0 Å². The lowest BCUT2D eigenvalue weighted by Gasteiger charge is -2.45. The number of rotatable bonds is 2. The van der Waals surface area contributed by atoms with Crippen molar-refractivity contribution in [1.29, 1.82) is 5.26 Å². The van der Waals surface area contributed by atoms with Gasteiger partial charge in [-0.2, -0.15) is 5.26 Å². The second-order valence-electron chi connectivity index (χ2n) is 6.03. The van der Waals surface area contributed by atoms with E-state index in [-0.39, 0.29) is 11.4 Å². The van der Waals surface area contributed by atoms with Crippen molar-refractivity contribution in [3.63, 3.8) is 0 Å². The number of piperazine rings is 1. The highest BCUT2D eigenvalue weighted by Gasteiger charge is 2.32. The summed E-state index contributed by atoms with van der Waals surface area (Å²) in [6.45, 7) is 6.78. The quantitative estimate of drug-likeness (QED) is 0.822. The molecular formula is C16H21N3O. The SMILES string of the molecule is CN1CCN(C(=O)Cc2ccc(C#N)cc2)CC1(C)C. The van der Waals surface area contributed by atoms with Gasteiger partial charge in [0, 0.05) is 25.2 Å². The average Bonchev–Trinajstić information content (AvgIpc) is 2.42. The summed E-state index contributed by atoms with van der Waals surface area (Å²) in [5, 5.41) is 8.77. The Bertz CT molecular complexity index is 528. The zero-order valence-corrected chi connectivity index (χ0v) is 12.4. The fraction of sp³-hybridized carbons (Fsp3) is 0.500. The predicted molar refractivity (Wildman–Crippen MR) is 78.2 cm³/mol. The van der Waals surface area contributed by atoms with Crippen LogP contribution in [-0.2, 0) is 11.2 Å². The lowest BCUT2D eigenvalue weighted by molar-refractivity contribution is -0.135. The fourth-order valence-corrected chi connectivity index (χ4v) is 2.44. The van der Waals surface area contributed by atoms with Crippen molar-refractivity contribution in [2.24, 2.45) is 0 Å². The summed E-state index contributed by atoms with van der Waals surface area (Å²) in [6.07, 6.45) is 0.408. The van der Waals surface area contributed by atoms with Crippen molar-refractivity contribution < 1.29 is 4.79 Å². The fourth-order valence-electron chi connectivity index (χ4n) is 2.44. The number of hydrogen-bond donors (Lipinski definition) is 0. The van der Waals surface area contributed by atoms with Crippen molar-refractivity contribution in [2.45, 2.75) is 25.8 Å². The second kappa shape index (κ2) is 5.64. The van der Waals surface area contributed by atoms with Crippen molar-refractivity contribution in [3.8, 4) is 6.07 Å². The molecule has 0 unspecified atom stereocenters. The Labute approximate surface area is 120 Å². The summed E-state index contributed by atoms with van der Waals surface area (Å²) in [5.41, 5.74) is 1.62. The predicted octanol–water partition coefficient (Wildman–Crippen LogP) is 1.65. The highest BCUT2D eigenvalue weighted by Crippen LogP contribution is 2.19. The van der Waals surface area contributed by atoms with Crippen LogP contribution < -0.4 is 0 Å². The Morgan fingerprint density at radius 3 is 2.50 bits per heavy atom. The van der Waals surface area contributed by atoms with Crippen molar-refractivity contribution in [1.82, 2.24) is 9.80 Å². The Morgan fingerprint density at radius 1 is 1.30 bits per heavy atom. The molecule has 0 aromatic heterocycles. The van der Waals surface area contributed by atoms with E-state index in [4.69, 9.17) is 5.26 Å². The summed E-state index contributed by atoms with van der Waals surface area (Å²) < 4.78 is 0. The summed E-state index contributed by atoms with van der Waals surface area (Å²) in [7, 11) is 2.10. The molecule has 1 aliphatic heterocycles. The zero-order valence-electron chi connectivity index (χ0n) is 12.4. The molecule has 1 aliphatic rings. The van der Waals surface area contributed by atoms with Crippen LogP contribution in [0.2, 0.25) is 0 Å². The molecular weight excluding hydrogens is 250 g/mol. The second-order valence-corrected chi connectivity index (χ2v) is 6.03. The molecule has 0 aliphatic carbocycles. The van der Waals surface area contributed by atoms with Gasteiger partial charge in [0.15, 0.2) is 0 Å². The van der Waals surface area contributed by atoms with E-state index in [2.05, 4.69) is 31.9 Å². The smallest absolute Gasteiger partial charge is 0.227 e. The van der Waals surface area contributed by atoms with Gasteiger partial charge in [0.05, 0.1) is 18.1 Å². The van der Waals surface area contributed by atoms with Crippen LogP contribution in [0.5, 0.6) is 0 Å². The van der Waals surface area contributed by atoms with Crippen molar-refractivity contribution in [3.05, 3.63) is 35.4 Å². The number of carbonyl (C=O) groups is 1. The first kappa shape index (κ1) is 14.5. The number of benzene rings is 1. The molecule has 1 amide bonds. The molecule has 1 heterocycles. The minimum Gasteiger partial charge on any atom is -0.339 e. The van der Waals surface area contributed by atoms with Crippen LogP contribution in [0.25, 0.3) is 0 Å². The molecule has 0 N–H and O–H groups in total. The van der Waals surface area contributed by atoms with Gasteiger partial charge in [-0.15, -0.1) is 0 Å². The molecule has 0 saturated carbocycles. The third-order valence-electron chi connectivity index (χ3n) is 4.11. The van der Waals surface area contributed by atoms with E-state index in [1.807, 2.05) is 17.0 Å². The van der Waals surface area contributed by atoms with Crippen LogP contribution in [0, 0.1) is 11.3 Å². The number of hydrogen-bond acceptors (Lipinski definition) is 3. The van der Waals surface area contributed by atoms with Crippen molar-refractivity contribution in [2.75, 3.05) is 26.7 Å². The highest BCUT2D eigenvalue weighted by molar-refractivity contribution is 5.79. The highest BCUT2D eigenvalue weighted by atomic mass is 16.2. The molecule has 0 radical (unpaired) electrons. The molecule has 1 aromatic rings. The zero-order chi connectivity index (χ0) is 14.8. The van der Waals surface area contributed by atoms with Gasteiger partial charge in [0.1, 0.15) is 0 Å². The molecule has 4 heteroatoms. The van der Waals surface area contributed by atoms with E-state index in [9.17, 15) is 4.79 Å². The summed E-state index contributed by atoms with van der Waals surface area (Å²) in [6, 6.07) is 9.32. The minimum atomic E-state index is 0.0264. The molecule has 0 bridgehead atoms. The van der Waals surface area contributed by atoms with E-state index >= 15 is 0 Å². The Kier molecular flexibility index (Phi) is 4.10. The van der Waals surface area contributed by atoms with Gasteiger partial charge >= 0.3 is 0 Å². The molecule has 20 heavy (non-hydrogen) atoms. The number of nitriles is 1. The molecule has 0 spiro atoms.